The molecule has 1 aliphatic rings. The van der Waals surface area contributed by atoms with Crippen molar-refractivity contribution in [3.8, 4) is 0 Å². The number of rotatable bonds is 2. The second kappa shape index (κ2) is 1.74. The lowest BCUT2D eigenvalue weighted by molar-refractivity contribution is -0.139. The Kier molecular flexibility index (Phi) is 1.21. The third-order valence-corrected chi connectivity index (χ3v) is 1.42. The van der Waals surface area contributed by atoms with Crippen molar-refractivity contribution >= 4 is 5.97 Å². The SMILES string of the molecule is N[C@@H](C(=O)O)C1CC1. The van der Waals surface area contributed by atoms with E-state index in [0.717, 1.165) is 12.8 Å². The molecule has 3 nitrogen and oxygen atoms in total. The summed E-state index contributed by atoms with van der Waals surface area (Å²) in [6, 6.07) is -0.602. The molecule has 1 aliphatic carbocycles. The molecule has 0 aromatic rings. The van der Waals surface area contributed by atoms with Crippen molar-refractivity contribution in [1.29, 1.82) is 0 Å². The molecule has 0 aliphatic heterocycles. The molecule has 1 rings (SSSR count). The maximum absolute atomic E-state index is 10.1. The Bertz CT molecular complexity index is 109. The lowest BCUT2D eigenvalue weighted by atomic mass is 10.2. The van der Waals surface area contributed by atoms with Gasteiger partial charge in [0.05, 0.1) is 0 Å². The molecule has 0 saturated heterocycles. The zero-order valence-corrected chi connectivity index (χ0v) is 4.50. The third-order valence-electron chi connectivity index (χ3n) is 1.42. The number of hydrogen-bond acceptors (Lipinski definition) is 2. The van der Waals surface area contributed by atoms with Gasteiger partial charge < -0.3 is 10.8 Å². The molecule has 1 saturated carbocycles. The first-order chi connectivity index (χ1) is 3.72. The quantitative estimate of drug-likeness (QED) is 0.524. The Balaban J connectivity index is 2.32. The standard InChI is InChI=1S/C5H9NO2/c6-4(5(7)8)3-1-2-3/h3-4H,1-2,6H2,(H,7,8)/t4-/m1/s1. The number of hydrogen-bond donors (Lipinski definition) is 2. The second-order valence-electron chi connectivity index (χ2n) is 2.20. The average Bonchev–Trinajstić information content (AvgIpc) is 2.43. The van der Waals surface area contributed by atoms with Gasteiger partial charge in [0.25, 0.3) is 0 Å². The topological polar surface area (TPSA) is 63.3 Å². The first kappa shape index (κ1) is 5.56. The van der Waals surface area contributed by atoms with Crippen molar-refractivity contribution in [1.82, 2.24) is 0 Å². The highest BCUT2D eigenvalue weighted by atomic mass is 16.4. The molecule has 0 amide bonds. The van der Waals surface area contributed by atoms with Gasteiger partial charge in [-0.05, 0) is 18.8 Å². The molecular formula is C5H9NO2. The van der Waals surface area contributed by atoms with E-state index in [1.807, 2.05) is 0 Å². The predicted molar refractivity (Wildman–Crippen MR) is 28.3 cm³/mol. The van der Waals surface area contributed by atoms with Crippen LogP contribution in [0.15, 0.2) is 0 Å². The van der Waals surface area contributed by atoms with Crippen LogP contribution in [0.1, 0.15) is 12.8 Å². The molecule has 0 aromatic heterocycles. The Morgan fingerprint density at radius 3 is 2.38 bits per heavy atom. The average molecular weight is 115 g/mol. The van der Waals surface area contributed by atoms with Crippen LogP contribution in [-0.4, -0.2) is 17.1 Å². The molecule has 0 aromatic carbocycles. The van der Waals surface area contributed by atoms with Gasteiger partial charge in [-0.1, -0.05) is 0 Å². The van der Waals surface area contributed by atoms with Crippen molar-refractivity contribution in [2.45, 2.75) is 18.9 Å². The number of aliphatic carboxylic acids is 1. The fourth-order valence-electron chi connectivity index (χ4n) is 0.657. The van der Waals surface area contributed by atoms with E-state index in [2.05, 4.69) is 0 Å². The van der Waals surface area contributed by atoms with Gasteiger partial charge in [-0.15, -0.1) is 0 Å². The van der Waals surface area contributed by atoms with E-state index >= 15 is 0 Å². The normalized spacial score (nSPS) is 22.6. The molecule has 1 atom stereocenters. The number of carboxylic acids is 1. The lowest BCUT2D eigenvalue weighted by Gasteiger charge is -1.99. The van der Waals surface area contributed by atoms with Crippen LogP contribution in [-0.2, 0) is 4.79 Å². The zero-order chi connectivity index (χ0) is 6.15. The van der Waals surface area contributed by atoms with E-state index in [0.29, 0.717) is 0 Å². The van der Waals surface area contributed by atoms with E-state index < -0.39 is 12.0 Å². The summed E-state index contributed by atoms with van der Waals surface area (Å²) in [4.78, 5) is 10.1. The van der Waals surface area contributed by atoms with Gasteiger partial charge in [0.2, 0.25) is 0 Å². The minimum absolute atomic E-state index is 0.271. The largest absolute Gasteiger partial charge is 0.480 e. The lowest BCUT2D eigenvalue weighted by Crippen LogP contribution is -2.31. The fourth-order valence-corrected chi connectivity index (χ4v) is 0.657. The van der Waals surface area contributed by atoms with Gasteiger partial charge >= 0.3 is 5.97 Å². The Morgan fingerprint density at radius 1 is 1.75 bits per heavy atom. The Labute approximate surface area is 47.5 Å². The molecule has 3 N–H and O–H groups in total. The number of carboxylic acid groups (broad SMARTS) is 1. The monoisotopic (exact) mass is 115 g/mol. The summed E-state index contributed by atoms with van der Waals surface area (Å²) in [5, 5.41) is 8.27. The highest BCUT2D eigenvalue weighted by Gasteiger charge is 2.32. The van der Waals surface area contributed by atoms with Crippen LogP contribution in [0, 0.1) is 5.92 Å². The molecular weight excluding hydrogens is 106 g/mol. The van der Waals surface area contributed by atoms with E-state index in [4.69, 9.17) is 10.8 Å². The first-order valence-corrected chi connectivity index (χ1v) is 2.70. The summed E-state index contributed by atoms with van der Waals surface area (Å²) in [6.45, 7) is 0. The summed E-state index contributed by atoms with van der Waals surface area (Å²) in [5.74, 6) is -0.597. The van der Waals surface area contributed by atoms with E-state index in [1.165, 1.54) is 0 Å². The summed E-state index contributed by atoms with van der Waals surface area (Å²) < 4.78 is 0. The van der Waals surface area contributed by atoms with Crippen molar-refractivity contribution in [2.75, 3.05) is 0 Å². The van der Waals surface area contributed by atoms with Crippen LogP contribution >= 0.6 is 0 Å². The predicted octanol–water partition coefficient (Wildman–Crippen LogP) is -0.192. The van der Waals surface area contributed by atoms with Crippen LogP contribution < -0.4 is 5.73 Å². The van der Waals surface area contributed by atoms with Crippen molar-refractivity contribution in [2.24, 2.45) is 11.7 Å². The van der Waals surface area contributed by atoms with Gasteiger partial charge in [-0.3, -0.25) is 4.79 Å². The smallest absolute Gasteiger partial charge is 0.320 e. The van der Waals surface area contributed by atoms with E-state index in [9.17, 15) is 4.79 Å². The Morgan fingerprint density at radius 2 is 2.25 bits per heavy atom. The number of carbonyl (C=O) groups is 1. The highest BCUT2D eigenvalue weighted by molar-refractivity contribution is 5.73. The van der Waals surface area contributed by atoms with Crippen LogP contribution in [0.4, 0.5) is 0 Å². The first-order valence-electron chi connectivity index (χ1n) is 2.70. The van der Waals surface area contributed by atoms with Crippen LogP contribution in [0.25, 0.3) is 0 Å². The summed E-state index contributed by atoms with van der Waals surface area (Å²) in [7, 11) is 0. The van der Waals surface area contributed by atoms with Gasteiger partial charge in [0, 0.05) is 0 Å². The second-order valence-corrected chi connectivity index (χ2v) is 2.20. The number of nitrogens with two attached hydrogens (primary N) is 1. The van der Waals surface area contributed by atoms with Crippen LogP contribution in [0.5, 0.6) is 0 Å². The van der Waals surface area contributed by atoms with E-state index in [1.54, 1.807) is 0 Å². The van der Waals surface area contributed by atoms with Gasteiger partial charge in [0.15, 0.2) is 0 Å². The highest BCUT2D eigenvalue weighted by Crippen LogP contribution is 2.31. The van der Waals surface area contributed by atoms with Crippen molar-refractivity contribution < 1.29 is 9.90 Å². The molecule has 3 heteroatoms. The maximum atomic E-state index is 10.1. The summed E-state index contributed by atoms with van der Waals surface area (Å²) in [6.07, 6.45) is 1.99. The molecule has 8 heavy (non-hydrogen) atoms. The third kappa shape index (κ3) is 0.980. The molecule has 0 radical (unpaired) electrons. The molecule has 46 valence electrons. The van der Waals surface area contributed by atoms with Crippen molar-refractivity contribution in [3.63, 3.8) is 0 Å². The summed E-state index contributed by atoms with van der Waals surface area (Å²) >= 11 is 0. The van der Waals surface area contributed by atoms with Crippen molar-refractivity contribution in [3.05, 3.63) is 0 Å². The molecule has 0 bridgehead atoms. The minimum atomic E-state index is -0.868. The molecule has 0 unspecified atom stereocenters. The zero-order valence-electron chi connectivity index (χ0n) is 4.50. The molecule has 0 heterocycles. The fraction of sp³-hybridized carbons (Fsp3) is 0.800. The van der Waals surface area contributed by atoms with E-state index in [-0.39, 0.29) is 5.92 Å². The van der Waals surface area contributed by atoms with Crippen LogP contribution in [0.2, 0.25) is 0 Å². The summed E-state index contributed by atoms with van der Waals surface area (Å²) in [5.41, 5.74) is 5.22. The van der Waals surface area contributed by atoms with Gasteiger partial charge in [0.1, 0.15) is 6.04 Å². The molecule has 0 spiro atoms. The van der Waals surface area contributed by atoms with Crippen LogP contribution in [0.3, 0.4) is 0 Å². The van der Waals surface area contributed by atoms with Gasteiger partial charge in [-0.2, -0.15) is 0 Å². The van der Waals surface area contributed by atoms with Gasteiger partial charge in [-0.25, -0.2) is 0 Å². The maximum Gasteiger partial charge on any atom is 0.320 e. The Hall–Kier alpha value is -0.570. The molecule has 1 fully saturated rings. The minimum Gasteiger partial charge on any atom is -0.480 e.